The van der Waals surface area contributed by atoms with Crippen molar-refractivity contribution in [3.63, 3.8) is 0 Å². The summed E-state index contributed by atoms with van der Waals surface area (Å²) < 4.78 is 0. The van der Waals surface area contributed by atoms with Crippen LogP contribution in [0.5, 0.6) is 0 Å². The summed E-state index contributed by atoms with van der Waals surface area (Å²) in [6.07, 6.45) is 3.07. The third-order valence-corrected chi connectivity index (χ3v) is 3.17. The SMILES string of the molecule is CC(C)(CO)NC(=O)CCc1c[nH]c2ccccc12. The molecule has 1 amide bonds. The number of aliphatic hydroxyl groups is 1. The van der Waals surface area contributed by atoms with E-state index < -0.39 is 5.54 Å². The summed E-state index contributed by atoms with van der Waals surface area (Å²) in [6.45, 7) is 3.54. The number of aliphatic hydroxyl groups excluding tert-OH is 1. The molecule has 4 heteroatoms. The summed E-state index contributed by atoms with van der Waals surface area (Å²) in [4.78, 5) is 15.0. The van der Waals surface area contributed by atoms with Gasteiger partial charge in [-0.15, -0.1) is 0 Å². The minimum atomic E-state index is -0.558. The lowest BCUT2D eigenvalue weighted by Crippen LogP contribution is -2.46. The highest BCUT2D eigenvalue weighted by Crippen LogP contribution is 2.19. The Balaban J connectivity index is 1.97. The number of para-hydroxylation sites is 1. The molecule has 2 rings (SSSR count). The zero-order valence-corrected chi connectivity index (χ0v) is 11.4. The maximum absolute atomic E-state index is 11.8. The van der Waals surface area contributed by atoms with Crippen molar-refractivity contribution in [2.24, 2.45) is 0 Å². The van der Waals surface area contributed by atoms with Gasteiger partial charge in [-0.2, -0.15) is 0 Å². The normalized spacial score (nSPS) is 11.7. The Labute approximate surface area is 112 Å². The maximum Gasteiger partial charge on any atom is 0.220 e. The van der Waals surface area contributed by atoms with E-state index in [2.05, 4.69) is 16.4 Å². The zero-order chi connectivity index (χ0) is 13.9. The number of hydrogen-bond acceptors (Lipinski definition) is 2. The van der Waals surface area contributed by atoms with Gasteiger partial charge in [0.2, 0.25) is 5.91 Å². The monoisotopic (exact) mass is 260 g/mol. The Bertz CT molecular complexity index is 572. The molecule has 0 unspecified atom stereocenters. The summed E-state index contributed by atoms with van der Waals surface area (Å²) in [6, 6.07) is 8.05. The van der Waals surface area contributed by atoms with Gasteiger partial charge in [-0.05, 0) is 31.9 Å². The number of nitrogens with one attached hydrogen (secondary N) is 2. The van der Waals surface area contributed by atoms with Crippen LogP contribution in [0.2, 0.25) is 0 Å². The second-order valence-electron chi connectivity index (χ2n) is 5.45. The van der Waals surface area contributed by atoms with Crippen molar-refractivity contribution in [3.8, 4) is 0 Å². The Morgan fingerprint density at radius 3 is 2.84 bits per heavy atom. The second kappa shape index (κ2) is 5.45. The molecule has 3 N–H and O–H groups in total. The molecular formula is C15H20N2O2. The van der Waals surface area contributed by atoms with Crippen LogP contribution in [0, 0.1) is 0 Å². The average Bonchev–Trinajstić information content (AvgIpc) is 2.79. The van der Waals surface area contributed by atoms with Gasteiger partial charge < -0.3 is 15.4 Å². The molecule has 0 aliphatic heterocycles. The Kier molecular flexibility index (Phi) is 3.90. The predicted molar refractivity (Wildman–Crippen MR) is 75.9 cm³/mol. The van der Waals surface area contributed by atoms with Crippen molar-refractivity contribution in [1.29, 1.82) is 0 Å². The second-order valence-corrected chi connectivity index (χ2v) is 5.45. The van der Waals surface area contributed by atoms with Crippen molar-refractivity contribution in [1.82, 2.24) is 10.3 Å². The van der Waals surface area contributed by atoms with E-state index >= 15 is 0 Å². The molecule has 0 fully saturated rings. The minimum Gasteiger partial charge on any atom is -0.394 e. The minimum absolute atomic E-state index is 0.0377. The van der Waals surface area contributed by atoms with Crippen LogP contribution in [-0.2, 0) is 11.2 Å². The van der Waals surface area contributed by atoms with E-state index in [1.807, 2.05) is 24.4 Å². The molecule has 0 radical (unpaired) electrons. The Morgan fingerprint density at radius 1 is 1.37 bits per heavy atom. The maximum atomic E-state index is 11.8. The van der Waals surface area contributed by atoms with E-state index in [1.165, 1.54) is 0 Å². The molecule has 2 aromatic rings. The van der Waals surface area contributed by atoms with Crippen LogP contribution >= 0.6 is 0 Å². The number of rotatable bonds is 5. The topological polar surface area (TPSA) is 65.1 Å². The fourth-order valence-electron chi connectivity index (χ4n) is 2.07. The number of hydrogen-bond donors (Lipinski definition) is 3. The number of benzene rings is 1. The number of fused-ring (bicyclic) bond motifs is 1. The first-order valence-corrected chi connectivity index (χ1v) is 6.49. The average molecular weight is 260 g/mol. The molecule has 1 aromatic carbocycles. The van der Waals surface area contributed by atoms with Crippen LogP contribution in [0.3, 0.4) is 0 Å². The van der Waals surface area contributed by atoms with E-state index in [4.69, 9.17) is 5.11 Å². The van der Waals surface area contributed by atoms with Gasteiger partial charge in [0.1, 0.15) is 0 Å². The molecule has 1 heterocycles. The molecule has 19 heavy (non-hydrogen) atoms. The zero-order valence-electron chi connectivity index (χ0n) is 11.4. The van der Waals surface area contributed by atoms with Crippen molar-refractivity contribution in [2.75, 3.05) is 6.61 Å². The summed E-state index contributed by atoms with van der Waals surface area (Å²) in [7, 11) is 0. The molecule has 4 nitrogen and oxygen atoms in total. The summed E-state index contributed by atoms with van der Waals surface area (Å²) in [5.41, 5.74) is 1.68. The molecule has 0 aliphatic rings. The Hall–Kier alpha value is -1.81. The smallest absolute Gasteiger partial charge is 0.220 e. The standard InChI is InChI=1S/C15H20N2O2/c1-15(2,10-18)17-14(19)8-7-11-9-16-13-6-4-3-5-12(11)13/h3-6,9,16,18H,7-8,10H2,1-2H3,(H,17,19). The molecule has 0 saturated carbocycles. The summed E-state index contributed by atoms with van der Waals surface area (Å²) in [5.74, 6) is -0.0377. The quantitative estimate of drug-likeness (QED) is 0.769. The first-order valence-electron chi connectivity index (χ1n) is 6.49. The van der Waals surface area contributed by atoms with Gasteiger partial charge >= 0.3 is 0 Å². The van der Waals surface area contributed by atoms with Gasteiger partial charge in [-0.3, -0.25) is 4.79 Å². The van der Waals surface area contributed by atoms with E-state index in [9.17, 15) is 4.79 Å². The van der Waals surface area contributed by atoms with Gasteiger partial charge in [0.05, 0.1) is 12.1 Å². The third-order valence-electron chi connectivity index (χ3n) is 3.17. The van der Waals surface area contributed by atoms with Crippen LogP contribution in [0.1, 0.15) is 25.8 Å². The van der Waals surface area contributed by atoms with Crippen LogP contribution < -0.4 is 5.32 Å². The number of carbonyl (C=O) groups is 1. The van der Waals surface area contributed by atoms with Crippen molar-refractivity contribution < 1.29 is 9.90 Å². The lowest BCUT2D eigenvalue weighted by atomic mass is 10.1. The lowest BCUT2D eigenvalue weighted by Gasteiger charge is -2.23. The number of aryl methyl sites for hydroxylation is 1. The molecule has 0 atom stereocenters. The molecule has 0 aliphatic carbocycles. The van der Waals surface area contributed by atoms with Crippen LogP contribution in [0.4, 0.5) is 0 Å². The number of carbonyl (C=O) groups excluding carboxylic acids is 1. The lowest BCUT2D eigenvalue weighted by molar-refractivity contribution is -0.123. The van der Waals surface area contributed by atoms with E-state index in [0.717, 1.165) is 16.5 Å². The summed E-state index contributed by atoms with van der Waals surface area (Å²) in [5, 5.41) is 13.1. The van der Waals surface area contributed by atoms with Crippen molar-refractivity contribution in [3.05, 3.63) is 36.0 Å². The van der Waals surface area contributed by atoms with Crippen LogP contribution in [-0.4, -0.2) is 28.1 Å². The van der Waals surface area contributed by atoms with Crippen molar-refractivity contribution >= 4 is 16.8 Å². The molecule has 102 valence electrons. The fourth-order valence-corrected chi connectivity index (χ4v) is 2.07. The number of aromatic nitrogens is 1. The van der Waals surface area contributed by atoms with Gasteiger partial charge in [0.25, 0.3) is 0 Å². The number of aromatic amines is 1. The first-order chi connectivity index (χ1) is 9.02. The van der Waals surface area contributed by atoms with E-state index in [0.29, 0.717) is 12.8 Å². The van der Waals surface area contributed by atoms with Gasteiger partial charge in [0, 0.05) is 23.5 Å². The molecule has 0 bridgehead atoms. The van der Waals surface area contributed by atoms with E-state index in [1.54, 1.807) is 13.8 Å². The highest BCUT2D eigenvalue weighted by Gasteiger charge is 2.18. The predicted octanol–water partition coefficient (Wildman–Crippen LogP) is 1.99. The van der Waals surface area contributed by atoms with E-state index in [-0.39, 0.29) is 12.5 Å². The fraction of sp³-hybridized carbons (Fsp3) is 0.400. The first kappa shape index (κ1) is 13.6. The van der Waals surface area contributed by atoms with Gasteiger partial charge in [0.15, 0.2) is 0 Å². The van der Waals surface area contributed by atoms with Gasteiger partial charge in [-0.1, -0.05) is 18.2 Å². The molecule has 0 spiro atoms. The highest BCUT2D eigenvalue weighted by atomic mass is 16.3. The largest absolute Gasteiger partial charge is 0.394 e. The molecule has 0 saturated heterocycles. The van der Waals surface area contributed by atoms with Crippen molar-refractivity contribution in [2.45, 2.75) is 32.2 Å². The number of H-pyrrole nitrogens is 1. The number of amides is 1. The molecular weight excluding hydrogens is 240 g/mol. The van der Waals surface area contributed by atoms with Crippen LogP contribution in [0.15, 0.2) is 30.5 Å². The Morgan fingerprint density at radius 2 is 2.11 bits per heavy atom. The van der Waals surface area contributed by atoms with Gasteiger partial charge in [-0.25, -0.2) is 0 Å². The third kappa shape index (κ3) is 3.35. The van der Waals surface area contributed by atoms with Crippen LogP contribution in [0.25, 0.3) is 10.9 Å². The highest BCUT2D eigenvalue weighted by molar-refractivity contribution is 5.84. The molecule has 1 aromatic heterocycles. The summed E-state index contributed by atoms with van der Waals surface area (Å²) >= 11 is 0.